The number of esters is 1. The van der Waals surface area contributed by atoms with E-state index in [1.165, 1.54) is 16.7 Å². The highest BCUT2D eigenvalue weighted by Gasteiger charge is 2.30. The van der Waals surface area contributed by atoms with Crippen LogP contribution in [0, 0.1) is 0 Å². The van der Waals surface area contributed by atoms with Gasteiger partial charge in [-0.2, -0.15) is 0 Å². The van der Waals surface area contributed by atoms with Gasteiger partial charge in [-0.25, -0.2) is 9.79 Å². The molecule has 0 radical (unpaired) electrons. The molecule has 144 valence electrons. The highest BCUT2D eigenvalue weighted by molar-refractivity contribution is 8.18. The van der Waals surface area contributed by atoms with Gasteiger partial charge >= 0.3 is 5.97 Å². The molecule has 6 nitrogen and oxygen atoms in total. The molecule has 1 saturated heterocycles. The maximum atomic E-state index is 12.5. The van der Waals surface area contributed by atoms with Crippen LogP contribution in [0.4, 0.5) is 5.69 Å². The number of amides is 1. The first-order valence-electron chi connectivity index (χ1n) is 8.76. The van der Waals surface area contributed by atoms with E-state index in [1.54, 1.807) is 38.2 Å². The van der Waals surface area contributed by atoms with Gasteiger partial charge in [-0.05, 0) is 54.6 Å². The first-order valence-corrected chi connectivity index (χ1v) is 9.58. The maximum Gasteiger partial charge on any atom is 0.344 e. The Kier molecular flexibility index (Phi) is 6.49. The van der Waals surface area contributed by atoms with Gasteiger partial charge in [-0.3, -0.25) is 9.69 Å². The zero-order valence-corrected chi connectivity index (χ0v) is 16.4. The molecule has 0 spiro atoms. The molecular formula is C21H20N2O4S. The number of aliphatic imine (C=N–C) groups is 1. The van der Waals surface area contributed by atoms with E-state index in [2.05, 4.69) is 4.99 Å². The van der Waals surface area contributed by atoms with Crippen LogP contribution in [0.1, 0.15) is 12.5 Å². The topological polar surface area (TPSA) is 68.2 Å². The number of para-hydroxylation sites is 1. The Morgan fingerprint density at radius 3 is 2.71 bits per heavy atom. The number of amidine groups is 1. The third-order valence-corrected chi connectivity index (χ3v) is 4.86. The summed E-state index contributed by atoms with van der Waals surface area (Å²) in [5.41, 5.74) is 1.59. The van der Waals surface area contributed by atoms with Crippen LogP contribution in [0.25, 0.3) is 6.08 Å². The van der Waals surface area contributed by atoms with Crippen LogP contribution in [0.3, 0.4) is 0 Å². The summed E-state index contributed by atoms with van der Waals surface area (Å²) in [7, 11) is 1.71. The van der Waals surface area contributed by atoms with Crippen molar-refractivity contribution in [3.05, 3.63) is 65.1 Å². The molecule has 28 heavy (non-hydrogen) atoms. The first kappa shape index (κ1) is 19.7. The quantitative estimate of drug-likeness (QED) is 0.548. The fraction of sp³-hybridized carbons (Fsp3) is 0.190. The van der Waals surface area contributed by atoms with Crippen molar-refractivity contribution >= 4 is 40.6 Å². The molecule has 0 aromatic heterocycles. The SMILES string of the molecule is CCOC(=O)COc1cccc(/C=C2/SC(=Nc3ccccc3)N(C)C2=O)c1. The largest absolute Gasteiger partial charge is 0.482 e. The van der Waals surface area contributed by atoms with Crippen LogP contribution in [-0.2, 0) is 14.3 Å². The fourth-order valence-electron chi connectivity index (χ4n) is 2.46. The predicted octanol–water partition coefficient (Wildman–Crippen LogP) is 3.86. The van der Waals surface area contributed by atoms with Crippen molar-refractivity contribution < 1.29 is 19.1 Å². The number of carbonyl (C=O) groups excluding carboxylic acids is 2. The second-order valence-corrected chi connectivity index (χ2v) is 6.88. The molecule has 0 bridgehead atoms. The van der Waals surface area contributed by atoms with E-state index in [-0.39, 0.29) is 12.5 Å². The predicted molar refractivity (Wildman–Crippen MR) is 110 cm³/mol. The summed E-state index contributed by atoms with van der Waals surface area (Å²) in [6.45, 7) is 1.90. The third-order valence-electron chi connectivity index (χ3n) is 3.80. The summed E-state index contributed by atoms with van der Waals surface area (Å²) in [6, 6.07) is 16.7. The van der Waals surface area contributed by atoms with Gasteiger partial charge in [-0.15, -0.1) is 0 Å². The minimum atomic E-state index is -0.420. The monoisotopic (exact) mass is 396 g/mol. The van der Waals surface area contributed by atoms with Crippen molar-refractivity contribution in [2.75, 3.05) is 20.3 Å². The summed E-state index contributed by atoms with van der Waals surface area (Å²) >= 11 is 1.32. The lowest BCUT2D eigenvalue weighted by Gasteiger charge is -2.07. The number of nitrogens with zero attached hydrogens (tertiary/aromatic N) is 2. The molecule has 1 aliphatic rings. The highest BCUT2D eigenvalue weighted by atomic mass is 32.2. The van der Waals surface area contributed by atoms with Gasteiger partial charge in [0, 0.05) is 7.05 Å². The average Bonchev–Trinajstić information content (AvgIpc) is 2.96. The van der Waals surface area contributed by atoms with Gasteiger partial charge in [0.05, 0.1) is 17.2 Å². The molecule has 0 saturated carbocycles. The number of benzene rings is 2. The third kappa shape index (κ3) is 5.01. The van der Waals surface area contributed by atoms with Crippen LogP contribution < -0.4 is 4.74 Å². The lowest BCUT2D eigenvalue weighted by molar-refractivity contribution is -0.145. The van der Waals surface area contributed by atoms with E-state index in [1.807, 2.05) is 36.4 Å². The Hall–Kier alpha value is -3.06. The van der Waals surface area contributed by atoms with Crippen molar-refractivity contribution in [3.63, 3.8) is 0 Å². The molecule has 1 fully saturated rings. The van der Waals surface area contributed by atoms with Gasteiger partial charge in [0.2, 0.25) is 0 Å². The van der Waals surface area contributed by atoms with E-state index in [0.29, 0.717) is 22.4 Å². The van der Waals surface area contributed by atoms with Gasteiger partial charge in [0.1, 0.15) is 5.75 Å². The van der Waals surface area contributed by atoms with Crippen molar-refractivity contribution in [1.82, 2.24) is 4.90 Å². The lowest BCUT2D eigenvalue weighted by atomic mass is 10.2. The summed E-state index contributed by atoms with van der Waals surface area (Å²) in [4.78, 5) is 30.6. The number of hydrogen-bond donors (Lipinski definition) is 0. The highest BCUT2D eigenvalue weighted by Crippen LogP contribution is 2.33. The second kappa shape index (κ2) is 9.23. The molecule has 0 aliphatic carbocycles. The van der Waals surface area contributed by atoms with E-state index < -0.39 is 5.97 Å². The van der Waals surface area contributed by atoms with E-state index in [4.69, 9.17) is 9.47 Å². The number of thioether (sulfide) groups is 1. The first-order chi connectivity index (χ1) is 13.6. The zero-order chi connectivity index (χ0) is 19.9. The van der Waals surface area contributed by atoms with Crippen LogP contribution in [0.2, 0.25) is 0 Å². The number of carbonyl (C=O) groups is 2. The van der Waals surface area contributed by atoms with Crippen LogP contribution >= 0.6 is 11.8 Å². The molecule has 1 heterocycles. The van der Waals surface area contributed by atoms with Crippen molar-refractivity contribution in [1.29, 1.82) is 0 Å². The number of rotatable bonds is 6. The molecule has 0 atom stereocenters. The molecule has 3 rings (SSSR count). The minimum Gasteiger partial charge on any atom is -0.482 e. The summed E-state index contributed by atoms with van der Waals surface area (Å²) in [5.74, 6) is -0.00178. The second-order valence-electron chi connectivity index (χ2n) is 5.87. The minimum absolute atomic E-state index is 0.113. The average molecular weight is 396 g/mol. The van der Waals surface area contributed by atoms with Gasteiger partial charge in [0.15, 0.2) is 11.8 Å². The van der Waals surface area contributed by atoms with E-state index >= 15 is 0 Å². The smallest absolute Gasteiger partial charge is 0.344 e. The fourth-order valence-corrected chi connectivity index (χ4v) is 3.44. The summed E-state index contributed by atoms with van der Waals surface area (Å²) < 4.78 is 10.3. The molecule has 1 amide bonds. The molecule has 0 N–H and O–H groups in total. The standard InChI is InChI=1S/C21H20N2O4S/c1-3-26-19(24)14-27-17-11-7-8-15(12-17)13-18-20(25)23(2)21(28-18)22-16-9-5-4-6-10-16/h4-13H,3,14H2,1-2H3/b18-13+,22-21?. The lowest BCUT2D eigenvalue weighted by Crippen LogP contribution is -2.23. The number of ether oxygens (including phenoxy) is 2. The Morgan fingerprint density at radius 1 is 1.18 bits per heavy atom. The van der Waals surface area contributed by atoms with Crippen LogP contribution in [0.15, 0.2) is 64.5 Å². The number of likely N-dealkylation sites (N-methyl/N-ethyl adjacent to an activating group) is 1. The van der Waals surface area contributed by atoms with Crippen molar-refractivity contribution in [3.8, 4) is 5.75 Å². The normalized spacial score (nSPS) is 16.6. The van der Waals surface area contributed by atoms with Crippen molar-refractivity contribution in [2.45, 2.75) is 6.92 Å². The maximum absolute atomic E-state index is 12.5. The van der Waals surface area contributed by atoms with Crippen molar-refractivity contribution in [2.24, 2.45) is 4.99 Å². The number of hydrogen-bond acceptors (Lipinski definition) is 6. The molecular weight excluding hydrogens is 376 g/mol. The molecule has 7 heteroatoms. The van der Waals surface area contributed by atoms with Gasteiger partial charge < -0.3 is 9.47 Å². The zero-order valence-electron chi connectivity index (χ0n) is 15.6. The molecule has 0 unspecified atom stereocenters. The molecule has 1 aliphatic heterocycles. The Balaban J connectivity index is 1.74. The van der Waals surface area contributed by atoms with E-state index in [9.17, 15) is 9.59 Å². The molecule has 2 aromatic carbocycles. The Labute approximate surface area is 167 Å². The Morgan fingerprint density at radius 2 is 1.96 bits per heavy atom. The van der Waals surface area contributed by atoms with Gasteiger partial charge in [-0.1, -0.05) is 30.3 Å². The van der Waals surface area contributed by atoms with Gasteiger partial charge in [0.25, 0.3) is 5.91 Å². The summed E-state index contributed by atoms with van der Waals surface area (Å²) in [5, 5.41) is 0.622. The van der Waals surface area contributed by atoms with E-state index in [0.717, 1.165) is 11.3 Å². The molecule has 2 aromatic rings. The Bertz CT molecular complexity index is 925. The van der Waals surface area contributed by atoms with Crippen LogP contribution in [0.5, 0.6) is 5.75 Å². The summed E-state index contributed by atoms with van der Waals surface area (Å²) in [6.07, 6.45) is 1.79. The van der Waals surface area contributed by atoms with Crippen LogP contribution in [-0.4, -0.2) is 42.2 Å².